The van der Waals surface area contributed by atoms with Crippen LogP contribution in [0.5, 0.6) is 5.75 Å². The Morgan fingerprint density at radius 3 is 2.13 bits per heavy atom. The van der Waals surface area contributed by atoms with Gasteiger partial charge in [-0.1, -0.05) is 0 Å². The Morgan fingerprint density at radius 1 is 1.33 bits per heavy atom. The van der Waals surface area contributed by atoms with Gasteiger partial charge in [-0.2, -0.15) is 10.5 Å². The monoisotopic (exact) mass is 201 g/mol. The largest absolute Gasteiger partial charge is 0.505 e. The third-order valence-electron chi connectivity index (χ3n) is 1.67. The highest BCUT2D eigenvalue weighted by molar-refractivity contribution is 5.89. The van der Waals surface area contributed by atoms with Gasteiger partial charge in [0.15, 0.2) is 5.75 Å². The number of phenolic OH excluding ortho intramolecular Hbond substituents is 1. The van der Waals surface area contributed by atoms with Crippen LogP contribution in [0, 0.1) is 22.7 Å². The first-order chi connectivity index (χ1) is 7.08. The molecule has 0 aromatic heterocycles. The van der Waals surface area contributed by atoms with Gasteiger partial charge < -0.3 is 10.4 Å². The van der Waals surface area contributed by atoms with Crippen molar-refractivity contribution in [3.63, 3.8) is 0 Å². The number of benzene rings is 1. The average Bonchev–Trinajstić information content (AvgIpc) is 2.19. The van der Waals surface area contributed by atoms with Crippen molar-refractivity contribution in [3.05, 3.63) is 23.3 Å². The zero-order valence-electron chi connectivity index (χ0n) is 7.90. The zero-order valence-corrected chi connectivity index (χ0v) is 7.90. The molecule has 5 nitrogen and oxygen atoms in total. The Morgan fingerprint density at radius 2 is 1.80 bits per heavy atom. The molecule has 0 saturated carbocycles. The summed E-state index contributed by atoms with van der Waals surface area (Å²) in [6, 6.07) is 6.07. The number of phenols is 1. The first-order valence-corrected chi connectivity index (χ1v) is 4.03. The molecule has 15 heavy (non-hydrogen) atoms. The number of hydrogen-bond donors (Lipinski definition) is 2. The number of anilines is 1. The Labute approximate surface area is 86.2 Å². The van der Waals surface area contributed by atoms with Crippen molar-refractivity contribution in [1.82, 2.24) is 0 Å². The molecular formula is C10H7N3O2. The molecule has 74 valence electrons. The van der Waals surface area contributed by atoms with Crippen LogP contribution in [-0.4, -0.2) is 11.0 Å². The molecule has 2 N–H and O–H groups in total. The molecule has 0 bridgehead atoms. The van der Waals surface area contributed by atoms with Crippen molar-refractivity contribution in [2.24, 2.45) is 0 Å². The standard InChI is InChI=1S/C10H7N3O2/c1-6(14)13-9-2-7(4-11)10(15)8(3-9)5-12/h2-3,15H,1H3,(H,13,14). The van der Waals surface area contributed by atoms with Crippen LogP contribution in [0.4, 0.5) is 5.69 Å². The molecule has 0 heterocycles. The van der Waals surface area contributed by atoms with E-state index in [1.165, 1.54) is 19.1 Å². The molecule has 0 aliphatic carbocycles. The molecule has 1 aromatic carbocycles. The molecule has 0 fully saturated rings. The van der Waals surface area contributed by atoms with Crippen molar-refractivity contribution in [2.75, 3.05) is 5.32 Å². The lowest BCUT2D eigenvalue weighted by Crippen LogP contribution is -2.06. The number of hydrogen-bond acceptors (Lipinski definition) is 4. The highest BCUT2D eigenvalue weighted by Crippen LogP contribution is 2.25. The lowest BCUT2D eigenvalue weighted by Gasteiger charge is -2.05. The van der Waals surface area contributed by atoms with Crippen molar-refractivity contribution in [2.45, 2.75) is 6.92 Å². The molecule has 0 saturated heterocycles. The van der Waals surface area contributed by atoms with E-state index in [-0.39, 0.29) is 22.8 Å². The van der Waals surface area contributed by atoms with Crippen LogP contribution in [0.2, 0.25) is 0 Å². The Kier molecular flexibility index (Phi) is 2.90. The molecule has 0 spiro atoms. The second-order valence-corrected chi connectivity index (χ2v) is 2.82. The van der Waals surface area contributed by atoms with Gasteiger partial charge in [0.2, 0.25) is 5.91 Å². The van der Waals surface area contributed by atoms with E-state index in [9.17, 15) is 9.90 Å². The smallest absolute Gasteiger partial charge is 0.221 e. The third-order valence-corrected chi connectivity index (χ3v) is 1.67. The van der Waals surface area contributed by atoms with Gasteiger partial charge in [-0.05, 0) is 12.1 Å². The van der Waals surface area contributed by atoms with Crippen LogP contribution < -0.4 is 5.32 Å². The predicted molar refractivity (Wildman–Crippen MR) is 51.8 cm³/mol. The van der Waals surface area contributed by atoms with E-state index in [1.807, 2.05) is 0 Å². The molecule has 5 heteroatoms. The lowest BCUT2D eigenvalue weighted by molar-refractivity contribution is -0.114. The average molecular weight is 201 g/mol. The van der Waals surface area contributed by atoms with Crippen LogP contribution >= 0.6 is 0 Å². The maximum atomic E-state index is 10.8. The van der Waals surface area contributed by atoms with Gasteiger partial charge >= 0.3 is 0 Å². The molecule has 1 rings (SSSR count). The normalized spacial score (nSPS) is 8.73. The minimum absolute atomic E-state index is 0.0437. The topological polar surface area (TPSA) is 96.9 Å². The number of carbonyl (C=O) groups is 1. The summed E-state index contributed by atoms with van der Waals surface area (Å²) < 4.78 is 0. The number of rotatable bonds is 1. The van der Waals surface area contributed by atoms with E-state index in [0.29, 0.717) is 5.69 Å². The summed E-state index contributed by atoms with van der Waals surface area (Å²) in [5.74, 6) is -0.678. The molecule has 0 radical (unpaired) electrons. The number of nitriles is 2. The Bertz CT molecular complexity index is 459. The van der Waals surface area contributed by atoms with Gasteiger partial charge in [0.1, 0.15) is 12.1 Å². The Balaban J connectivity index is 3.30. The van der Waals surface area contributed by atoms with Gasteiger partial charge in [-0.3, -0.25) is 4.79 Å². The second kappa shape index (κ2) is 4.12. The summed E-state index contributed by atoms with van der Waals surface area (Å²) in [5, 5.41) is 29.1. The van der Waals surface area contributed by atoms with Crippen molar-refractivity contribution < 1.29 is 9.90 Å². The molecule has 0 aliphatic rings. The number of amides is 1. The Hall–Kier alpha value is -2.53. The van der Waals surface area contributed by atoms with Gasteiger partial charge in [0.25, 0.3) is 0 Å². The third kappa shape index (κ3) is 2.23. The summed E-state index contributed by atoms with van der Waals surface area (Å²) in [7, 11) is 0. The van der Waals surface area contributed by atoms with E-state index < -0.39 is 0 Å². The van der Waals surface area contributed by atoms with E-state index in [4.69, 9.17) is 10.5 Å². The van der Waals surface area contributed by atoms with Gasteiger partial charge in [-0.25, -0.2) is 0 Å². The SMILES string of the molecule is CC(=O)Nc1cc(C#N)c(O)c(C#N)c1. The second-order valence-electron chi connectivity index (χ2n) is 2.82. The van der Waals surface area contributed by atoms with Crippen LogP contribution in [0.3, 0.4) is 0 Å². The fraction of sp³-hybridized carbons (Fsp3) is 0.100. The quantitative estimate of drug-likeness (QED) is 0.664. The maximum absolute atomic E-state index is 10.8. The van der Waals surface area contributed by atoms with Crippen molar-refractivity contribution in [3.8, 4) is 17.9 Å². The van der Waals surface area contributed by atoms with Crippen LogP contribution in [0.15, 0.2) is 12.1 Å². The fourth-order valence-electron chi connectivity index (χ4n) is 1.08. The minimum Gasteiger partial charge on any atom is -0.505 e. The van der Waals surface area contributed by atoms with Crippen LogP contribution in [0.25, 0.3) is 0 Å². The van der Waals surface area contributed by atoms with Gasteiger partial charge in [0, 0.05) is 12.6 Å². The number of aromatic hydroxyl groups is 1. The van der Waals surface area contributed by atoms with Crippen LogP contribution in [-0.2, 0) is 4.79 Å². The zero-order chi connectivity index (χ0) is 11.4. The van der Waals surface area contributed by atoms with Crippen LogP contribution in [0.1, 0.15) is 18.1 Å². The summed E-state index contributed by atoms with van der Waals surface area (Å²) in [6.07, 6.45) is 0. The van der Waals surface area contributed by atoms with Gasteiger partial charge in [0.05, 0.1) is 11.1 Å². The first kappa shape index (κ1) is 10.6. The van der Waals surface area contributed by atoms with E-state index in [2.05, 4.69) is 5.32 Å². The molecule has 0 aliphatic heterocycles. The maximum Gasteiger partial charge on any atom is 0.221 e. The van der Waals surface area contributed by atoms with E-state index >= 15 is 0 Å². The minimum atomic E-state index is -0.367. The first-order valence-electron chi connectivity index (χ1n) is 4.03. The van der Waals surface area contributed by atoms with E-state index in [1.54, 1.807) is 12.1 Å². The number of nitrogens with one attached hydrogen (secondary N) is 1. The van der Waals surface area contributed by atoms with Gasteiger partial charge in [-0.15, -0.1) is 0 Å². The summed E-state index contributed by atoms with van der Waals surface area (Å²) >= 11 is 0. The molecule has 0 atom stereocenters. The molecular weight excluding hydrogens is 194 g/mol. The highest BCUT2D eigenvalue weighted by atomic mass is 16.3. The lowest BCUT2D eigenvalue weighted by atomic mass is 10.1. The summed E-state index contributed by atoms with van der Waals surface area (Å²) in [4.78, 5) is 10.8. The summed E-state index contributed by atoms with van der Waals surface area (Å²) in [6.45, 7) is 1.31. The highest BCUT2D eigenvalue weighted by Gasteiger charge is 2.09. The predicted octanol–water partition coefficient (Wildman–Crippen LogP) is 1.09. The summed E-state index contributed by atoms with van der Waals surface area (Å²) in [5.41, 5.74) is 0.226. The molecule has 1 amide bonds. The molecule has 0 unspecified atom stereocenters. The van der Waals surface area contributed by atoms with Crippen molar-refractivity contribution in [1.29, 1.82) is 10.5 Å². The number of carbonyl (C=O) groups excluding carboxylic acids is 1. The fourth-order valence-corrected chi connectivity index (χ4v) is 1.08. The van der Waals surface area contributed by atoms with Crippen molar-refractivity contribution >= 4 is 11.6 Å². The number of nitrogens with zero attached hydrogens (tertiary/aromatic N) is 2. The molecule has 1 aromatic rings. The van der Waals surface area contributed by atoms with E-state index in [0.717, 1.165) is 0 Å².